The van der Waals surface area contributed by atoms with Crippen molar-refractivity contribution in [3.63, 3.8) is 0 Å². The van der Waals surface area contributed by atoms with Gasteiger partial charge in [-0.1, -0.05) is 24.6 Å². The van der Waals surface area contributed by atoms with E-state index in [9.17, 15) is 0 Å². The van der Waals surface area contributed by atoms with Crippen LogP contribution in [0.4, 0.5) is 0 Å². The van der Waals surface area contributed by atoms with E-state index in [1.54, 1.807) is 4.68 Å². The summed E-state index contributed by atoms with van der Waals surface area (Å²) in [4.78, 5) is 0. The van der Waals surface area contributed by atoms with Crippen molar-refractivity contribution in [1.82, 2.24) is 15.0 Å². The lowest BCUT2D eigenvalue weighted by atomic mass is 10.1. The van der Waals surface area contributed by atoms with E-state index in [-0.39, 0.29) is 0 Å². The molecule has 1 aromatic heterocycles. The maximum Gasteiger partial charge on any atom is 0.186 e. The summed E-state index contributed by atoms with van der Waals surface area (Å²) in [5, 5.41) is 17.1. The molecule has 2 rings (SSSR count). The Balaban J connectivity index is 2.53. The van der Waals surface area contributed by atoms with Crippen LogP contribution in [0.15, 0.2) is 18.2 Å². The molecule has 0 unspecified atom stereocenters. The second-order valence-electron chi connectivity index (χ2n) is 4.43. The Bertz CT molecular complexity index is 605. The molecule has 92 valence electrons. The second kappa shape index (κ2) is 5.01. The first kappa shape index (κ1) is 12.3. The molecule has 4 nitrogen and oxygen atoms in total. The number of rotatable bonds is 3. The van der Waals surface area contributed by atoms with E-state index in [0.29, 0.717) is 5.69 Å². The summed E-state index contributed by atoms with van der Waals surface area (Å²) in [6.07, 6.45) is 1.77. The van der Waals surface area contributed by atoms with E-state index < -0.39 is 0 Å². The fourth-order valence-corrected chi connectivity index (χ4v) is 1.91. The Morgan fingerprint density at radius 2 is 2.06 bits per heavy atom. The molecule has 4 heteroatoms. The summed E-state index contributed by atoms with van der Waals surface area (Å²) in [5.74, 6) is 0. The van der Waals surface area contributed by atoms with Gasteiger partial charge in [-0.15, -0.1) is 5.10 Å². The predicted molar refractivity (Wildman–Crippen MR) is 69.5 cm³/mol. The van der Waals surface area contributed by atoms with Crippen LogP contribution >= 0.6 is 0 Å². The standard InChI is InChI=1S/C14H16N4/c1-4-5-14-13(9-15)16-17-18(14)12-7-6-10(2)11(3)8-12/h6-8H,4-5H2,1-3H3. The van der Waals surface area contributed by atoms with Crippen molar-refractivity contribution in [2.45, 2.75) is 33.6 Å². The van der Waals surface area contributed by atoms with Crippen LogP contribution in [0.2, 0.25) is 0 Å². The monoisotopic (exact) mass is 240 g/mol. The molecular formula is C14H16N4. The molecule has 0 N–H and O–H groups in total. The smallest absolute Gasteiger partial charge is 0.186 e. The molecule has 0 atom stereocenters. The van der Waals surface area contributed by atoms with Gasteiger partial charge in [0.1, 0.15) is 6.07 Å². The maximum atomic E-state index is 9.04. The predicted octanol–water partition coefficient (Wildman–Crippen LogP) is 2.71. The van der Waals surface area contributed by atoms with Crippen LogP contribution in [0.3, 0.4) is 0 Å². The molecule has 0 aliphatic carbocycles. The van der Waals surface area contributed by atoms with Crippen LogP contribution in [-0.2, 0) is 6.42 Å². The minimum atomic E-state index is 0.426. The van der Waals surface area contributed by atoms with Gasteiger partial charge in [0.25, 0.3) is 0 Å². The first-order valence-corrected chi connectivity index (χ1v) is 6.09. The summed E-state index contributed by atoms with van der Waals surface area (Å²) in [5.41, 5.74) is 4.74. The molecule has 0 aliphatic rings. The van der Waals surface area contributed by atoms with E-state index in [1.165, 1.54) is 11.1 Å². The quantitative estimate of drug-likeness (QED) is 0.828. The Morgan fingerprint density at radius 3 is 2.67 bits per heavy atom. The van der Waals surface area contributed by atoms with Crippen molar-refractivity contribution in [2.24, 2.45) is 0 Å². The summed E-state index contributed by atoms with van der Waals surface area (Å²) < 4.78 is 1.77. The zero-order chi connectivity index (χ0) is 13.1. The molecule has 0 spiro atoms. The molecular weight excluding hydrogens is 224 g/mol. The summed E-state index contributed by atoms with van der Waals surface area (Å²) >= 11 is 0. The molecule has 0 amide bonds. The van der Waals surface area contributed by atoms with Gasteiger partial charge < -0.3 is 0 Å². The molecule has 0 aliphatic heterocycles. The van der Waals surface area contributed by atoms with Crippen molar-refractivity contribution >= 4 is 0 Å². The highest BCUT2D eigenvalue weighted by molar-refractivity contribution is 5.41. The fraction of sp³-hybridized carbons (Fsp3) is 0.357. The van der Waals surface area contributed by atoms with Gasteiger partial charge in [-0.2, -0.15) is 5.26 Å². The molecule has 2 aromatic rings. The Morgan fingerprint density at radius 1 is 1.28 bits per heavy atom. The summed E-state index contributed by atoms with van der Waals surface area (Å²) in [6, 6.07) is 8.25. The van der Waals surface area contributed by atoms with Crippen molar-refractivity contribution in [2.75, 3.05) is 0 Å². The maximum absolute atomic E-state index is 9.04. The van der Waals surface area contributed by atoms with Gasteiger partial charge >= 0.3 is 0 Å². The van der Waals surface area contributed by atoms with Crippen LogP contribution < -0.4 is 0 Å². The van der Waals surface area contributed by atoms with E-state index in [0.717, 1.165) is 24.2 Å². The highest BCUT2D eigenvalue weighted by Crippen LogP contribution is 2.17. The number of hydrogen-bond acceptors (Lipinski definition) is 3. The van der Waals surface area contributed by atoms with Crippen molar-refractivity contribution in [3.8, 4) is 11.8 Å². The minimum absolute atomic E-state index is 0.426. The van der Waals surface area contributed by atoms with E-state index >= 15 is 0 Å². The third-order valence-corrected chi connectivity index (χ3v) is 3.09. The van der Waals surface area contributed by atoms with Crippen LogP contribution in [0.1, 0.15) is 35.9 Å². The van der Waals surface area contributed by atoms with Crippen molar-refractivity contribution in [1.29, 1.82) is 5.26 Å². The van der Waals surface area contributed by atoms with Crippen LogP contribution in [-0.4, -0.2) is 15.0 Å². The number of aromatic nitrogens is 3. The average molecular weight is 240 g/mol. The van der Waals surface area contributed by atoms with E-state index in [4.69, 9.17) is 5.26 Å². The van der Waals surface area contributed by atoms with Crippen LogP contribution in [0, 0.1) is 25.2 Å². The lowest BCUT2D eigenvalue weighted by Crippen LogP contribution is -2.03. The average Bonchev–Trinajstić information content (AvgIpc) is 2.76. The number of nitriles is 1. The third-order valence-electron chi connectivity index (χ3n) is 3.09. The Labute approximate surface area is 107 Å². The van der Waals surface area contributed by atoms with Gasteiger partial charge in [0.15, 0.2) is 5.69 Å². The third kappa shape index (κ3) is 2.12. The van der Waals surface area contributed by atoms with Crippen LogP contribution in [0.25, 0.3) is 5.69 Å². The number of hydrogen-bond donors (Lipinski definition) is 0. The molecule has 0 fully saturated rings. The molecule has 1 heterocycles. The highest BCUT2D eigenvalue weighted by atomic mass is 15.4. The molecule has 0 saturated carbocycles. The minimum Gasteiger partial charge on any atom is -0.216 e. The topological polar surface area (TPSA) is 54.5 Å². The van der Waals surface area contributed by atoms with Gasteiger partial charge in [-0.05, 0) is 43.5 Å². The van der Waals surface area contributed by atoms with E-state index in [1.807, 2.05) is 6.07 Å². The molecule has 0 bridgehead atoms. The summed E-state index contributed by atoms with van der Waals surface area (Å²) in [7, 11) is 0. The zero-order valence-corrected chi connectivity index (χ0v) is 10.9. The van der Waals surface area contributed by atoms with Gasteiger partial charge in [0, 0.05) is 0 Å². The lowest BCUT2D eigenvalue weighted by Gasteiger charge is -2.08. The molecule has 0 saturated heterocycles. The van der Waals surface area contributed by atoms with Crippen molar-refractivity contribution in [3.05, 3.63) is 40.7 Å². The molecule has 0 radical (unpaired) electrons. The van der Waals surface area contributed by atoms with Gasteiger partial charge in [-0.3, -0.25) is 0 Å². The zero-order valence-electron chi connectivity index (χ0n) is 10.9. The lowest BCUT2D eigenvalue weighted by molar-refractivity contribution is 0.745. The van der Waals surface area contributed by atoms with Crippen LogP contribution in [0.5, 0.6) is 0 Å². The van der Waals surface area contributed by atoms with Gasteiger partial charge in [0.05, 0.1) is 11.4 Å². The largest absolute Gasteiger partial charge is 0.216 e. The highest BCUT2D eigenvalue weighted by Gasteiger charge is 2.13. The fourth-order valence-electron chi connectivity index (χ4n) is 1.91. The SMILES string of the molecule is CCCc1c(C#N)nnn1-c1ccc(C)c(C)c1. The normalized spacial score (nSPS) is 10.3. The second-order valence-corrected chi connectivity index (χ2v) is 4.43. The number of aryl methyl sites for hydroxylation is 2. The first-order valence-electron chi connectivity index (χ1n) is 6.09. The van der Waals surface area contributed by atoms with Gasteiger partial charge in [-0.25, -0.2) is 4.68 Å². The Hall–Kier alpha value is -2.15. The molecule has 1 aromatic carbocycles. The van der Waals surface area contributed by atoms with E-state index in [2.05, 4.69) is 49.3 Å². The Kier molecular flexibility index (Phi) is 3.42. The van der Waals surface area contributed by atoms with Gasteiger partial charge in [0.2, 0.25) is 0 Å². The number of nitrogens with zero attached hydrogens (tertiary/aromatic N) is 4. The summed E-state index contributed by atoms with van der Waals surface area (Å²) in [6.45, 7) is 6.23. The number of benzene rings is 1. The first-order chi connectivity index (χ1) is 8.67. The molecule has 18 heavy (non-hydrogen) atoms. The van der Waals surface area contributed by atoms with Crippen molar-refractivity contribution < 1.29 is 0 Å².